The first-order chi connectivity index (χ1) is 7.51. The van der Waals surface area contributed by atoms with Gasteiger partial charge in [0.2, 0.25) is 0 Å². The van der Waals surface area contributed by atoms with Gasteiger partial charge in [-0.3, -0.25) is 0 Å². The molecule has 16 heavy (non-hydrogen) atoms. The van der Waals surface area contributed by atoms with Crippen LogP contribution < -0.4 is 10.5 Å². The first-order valence-electron chi connectivity index (χ1n) is 5.92. The smallest absolute Gasteiger partial charge is 0.124 e. The number of benzene rings is 1. The molecule has 0 saturated heterocycles. The molecule has 0 radical (unpaired) electrons. The summed E-state index contributed by atoms with van der Waals surface area (Å²) in [6.45, 7) is 8.53. The van der Waals surface area contributed by atoms with Gasteiger partial charge in [-0.2, -0.15) is 0 Å². The van der Waals surface area contributed by atoms with E-state index < -0.39 is 0 Å². The van der Waals surface area contributed by atoms with Crippen LogP contribution in [0.3, 0.4) is 0 Å². The van der Waals surface area contributed by atoms with E-state index in [1.807, 2.05) is 0 Å². The maximum Gasteiger partial charge on any atom is 0.124 e. The highest BCUT2D eigenvalue weighted by atomic mass is 16.5. The quantitative estimate of drug-likeness (QED) is 0.846. The normalized spacial score (nSPS) is 14.6. The van der Waals surface area contributed by atoms with Gasteiger partial charge in [0, 0.05) is 11.6 Å². The number of methoxy groups -OCH3 is 1. The van der Waals surface area contributed by atoms with Crippen LogP contribution in [0.25, 0.3) is 0 Å². The third-order valence-corrected chi connectivity index (χ3v) is 3.30. The molecule has 0 fully saturated rings. The molecular formula is C14H23NO. The van der Waals surface area contributed by atoms with Crippen molar-refractivity contribution in [1.29, 1.82) is 0 Å². The number of nitrogens with two attached hydrogens (primary N) is 1. The van der Waals surface area contributed by atoms with E-state index in [1.54, 1.807) is 7.11 Å². The molecule has 0 aromatic heterocycles. The standard InChI is InChI=1S/C14H23NO/c1-6-10(3)14(15)13-11(4)7-9(2)8-12(13)16-5/h7-8,10,14H,6,15H2,1-5H3. The highest BCUT2D eigenvalue weighted by Gasteiger charge is 2.19. The Bertz CT molecular complexity index is 360. The molecule has 0 amide bonds. The van der Waals surface area contributed by atoms with Gasteiger partial charge >= 0.3 is 0 Å². The lowest BCUT2D eigenvalue weighted by Crippen LogP contribution is -2.20. The largest absolute Gasteiger partial charge is 0.496 e. The van der Waals surface area contributed by atoms with Crippen LogP contribution in [0.5, 0.6) is 5.75 Å². The second-order valence-electron chi connectivity index (χ2n) is 4.61. The van der Waals surface area contributed by atoms with Gasteiger partial charge in [0.15, 0.2) is 0 Å². The van der Waals surface area contributed by atoms with Crippen LogP contribution in [0.2, 0.25) is 0 Å². The van der Waals surface area contributed by atoms with Crippen LogP contribution in [0, 0.1) is 19.8 Å². The van der Waals surface area contributed by atoms with Crippen LogP contribution in [-0.4, -0.2) is 7.11 Å². The molecule has 0 aliphatic carbocycles. The van der Waals surface area contributed by atoms with Gasteiger partial charge in [0.1, 0.15) is 5.75 Å². The van der Waals surface area contributed by atoms with Crippen molar-refractivity contribution in [2.75, 3.05) is 7.11 Å². The summed E-state index contributed by atoms with van der Waals surface area (Å²) in [5.74, 6) is 1.39. The fraction of sp³-hybridized carbons (Fsp3) is 0.571. The zero-order valence-electron chi connectivity index (χ0n) is 11.0. The molecule has 0 aliphatic heterocycles. The van der Waals surface area contributed by atoms with Crippen LogP contribution >= 0.6 is 0 Å². The predicted octanol–water partition coefficient (Wildman–Crippen LogP) is 3.36. The SMILES string of the molecule is CCC(C)C(N)c1c(C)cc(C)cc1OC. The predicted molar refractivity (Wildman–Crippen MR) is 68.9 cm³/mol. The van der Waals surface area contributed by atoms with Crippen LogP contribution in [0.15, 0.2) is 12.1 Å². The molecule has 2 N–H and O–H groups in total. The summed E-state index contributed by atoms with van der Waals surface area (Å²) < 4.78 is 5.44. The number of rotatable bonds is 4. The van der Waals surface area contributed by atoms with Gasteiger partial charge in [0.05, 0.1) is 7.11 Å². The van der Waals surface area contributed by atoms with Crippen molar-refractivity contribution in [3.63, 3.8) is 0 Å². The van der Waals surface area contributed by atoms with E-state index in [4.69, 9.17) is 10.5 Å². The Morgan fingerprint density at radius 1 is 1.31 bits per heavy atom. The lowest BCUT2D eigenvalue weighted by molar-refractivity contribution is 0.387. The molecule has 2 heteroatoms. The van der Waals surface area contributed by atoms with E-state index in [2.05, 4.69) is 39.8 Å². The number of hydrogen-bond acceptors (Lipinski definition) is 2. The van der Waals surface area contributed by atoms with Gasteiger partial charge in [-0.25, -0.2) is 0 Å². The summed E-state index contributed by atoms with van der Waals surface area (Å²) in [4.78, 5) is 0. The molecular weight excluding hydrogens is 198 g/mol. The molecule has 2 unspecified atom stereocenters. The molecule has 0 bridgehead atoms. The summed E-state index contributed by atoms with van der Waals surface area (Å²) in [6, 6.07) is 4.28. The Balaban J connectivity index is 3.20. The average Bonchev–Trinajstić information content (AvgIpc) is 2.26. The van der Waals surface area contributed by atoms with Crippen molar-refractivity contribution in [3.05, 3.63) is 28.8 Å². The van der Waals surface area contributed by atoms with E-state index in [9.17, 15) is 0 Å². The number of hydrogen-bond donors (Lipinski definition) is 1. The molecule has 2 atom stereocenters. The maximum absolute atomic E-state index is 6.30. The Morgan fingerprint density at radius 3 is 2.44 bits per heavy atom. The van der Waals surface area contributed by atoms with Gasteiger partial charge < -0.3 is 10.5 Å². The second kappa shape index (κ2) is 5.35. The minimum Gasteiger partial charge on any atom is -0.496 e. The van der Waals surface area contributed by atoms with Gasteiger partial charge in [-0.1, -0.05) is 26.3 Å². The van der Waals surface area contributed by atoms with Gasteiger partial charge in [-0.05, 0) is 37.0 Å². The molecule has 0 spiro atoms. The van der Waals surface area contributed by atoms with Crippen molar-refractivity contribution in [3.8, 4) is 5.75 Å². The fourth-order valence-electron chi connectivity index (χ4n) is 2.07. The Kier molecular flexibility index (Phi) is 4.36. The second-order valence-corrected chi connectivity index (χ2v) is 4.61. The lowest BCUT2D eigenvalue weighted by atomic mass is 9.89. The fourth-order valence-corrected chi connectivity index (χ4v) is 2.07. The lowest BCUT2D eigenvalue weighted by Gasteiger charge is -2.23. The first kappa shape index (κ1) is 13.0. The molecule has 0 heterocycles. The maximum atomic E-state index is 6.30. The van der Waals surface area contributed by atoms with E-state index in [-0.39, 0.29) is 6.04 Å². The molecule has 0 saturated carbocycles. The van der Waals surface area contributed by atoms with Gasteiger partial charge in [-0.15, -0.1) is 0 Å². The summed E-state index contributed by atoms with van der Waals surface area (Å²) in [5.41, 5.74) is 9.89. The molecule has 90 valence electrons. The summed E-state index contributed by atoms with van der Waals surface area (Å²) in [5, 5.41) is 0. The molecule has 1 aromatic rings. The monoisotopic (exact) mass is 221 g/mol. The zero-order chi connectivity index (χ0) is 12.3. The van der Waals surface area contributed by atoms with Crippen molar-refractivity contribution >= 4 is 0 Å². The first-order valence-corrected chi connectivity index (χ1v) is 5.92. The van der Waals surface area contributed by atoms with Crippen molar-refractivity contribution in [2.24, 2.45) is 11.7 Å². The number of aryl methyl sites for hydroxylation is 2. The molecule has 1 aromatic carbocycles. The third-order valence-electron chi connectivity index (χ3n) is 3.30. The topological polar surface area (TPSA) is 35.2 Å². The molecule has 0 aliphatic rings. The van der Waals surface area contributed by atoms with E-state index in [0.717, 1.165) is 17.7 Å². The van der Waals surface area contributed by atoms with Crippen molar-refractivity contribution in [1.82, 2.24) is 0 Å². The van der Waals surface area contributed by atoms with E-state index in [0.29, 0.717) is 5.92 Å². The minimum absolute atomic E-state index is 0.0561. The zero-order valence-corrected chi connectivity index (χ0v) is 11.0. The minimum atomic E-state index is 0.0561. The third kappa shape index (κ3) is 2.56. The number of ether oxygens (including phenoxy) is 1. The van der Waals surface area contributed by atoms with Crippen LogP contribution in [-0.2, 0) is 0 Å². The average molecular weight is 221 g/mol. The summed E-state index contributed by atoms with van der Waals surface area (Å²) in [7, 11) is 1.71. The molecule has 2 nitrogen and oxygen atoms in total. The van der Waals surface area contributed by atoms with Gasteiger partial charge in [0.25, 0.3) is 0 Å². The Morgan fingerprint density at radius 2 is 1.94 bits per heavy atom. The summed E-state index contributed by atoms with van der Waals surface area (Å²) >= 11 is 0. The van der Waals surface area contributed by atoms with E-state index >= 15 is 0 Å². The Hall–Kier alpha value is -1.02. The summed E-state index contributed by atoms with van der Waals surface area (Å²) in [6.07, 6.45) is 1.08. The highest BCUT2D eigenvalue weighted by Crippen LogP contribution is 2.33. The van der Waals surface area contributed by atoms with Crippen molar-refractivity contribution in [2.45, 2.75) is 40.2 Å². The van der Waals surface area contributed by atoms with E-state index in [1.165, 1.54) is 11.1 Å². The van der Waals surface area contributed by atoms with Crippen molar-refractivity contribution < 1.29 is 4.74 Å². The molecule has 1 rings (SSSR count). The van der Waals surface area contributed by atoms with Crippen LogP contribution in [0.1, 0.15) is 43.0 Å². The highest BCUT2D eigenvalue weighted by molar-refractivity contribution is 5.45. The van der Waals surface area contributed by atoms with Crippen LogP contribution in [0.4, 0.5) is 0 Å². The Labute approximate surface area is 98.8 Å².